The Morgan fingerprint density at radius 3 is 2.35 bits per heavy atom. The van der Waals surface area contributed by atoms with Crippen molar-refractivity contribution in [2.24, 2.45) is 0 Å². The normalized spacial score (nSPS) is 10.8. The van der Waals surface area contributed by atoms with Crippen molar-refractivity contribution >= 4 is 38.7 Å². The van der Waals surface area contributed by atoms with Gasteiger partial charge in [0.2, 0.25) is 10.9 Å². The van der Waals surface area contributed by atoms with E-state index in [4.69, 9.17) is 0 Å². The summed E-state index contributed by atoms with van der Waals surface area (Å²) in [5, 5.41) is 0.733. The van der Waals surface area contributed by atoms with Crippen LogP contribution in [0.2, 0.25) is 0 Å². The van der Waals surface area contributed by atoms with Crippen LogP contribution in [0.5, 0.6) is 0 Å². The van der Waals surface area contributed by atoms with Gasteiger partial charge in [-0.15, -0.1) is 0 Å². The third-order valence-electron chi connectivity index (χ3n) is 2.61. The lowest BCUT2D eigenvalue weighted by Crippen LogP contribution is -2.14. The maximum atomic E-state index is 11.6. The van der Waals surface area contributed by atoms with E-state index in [2.05, 4.69) is 11.9 Å². The number of aromatic nitrogens is 1. The molecule has 1 aromatic heterocycles. The van der Waals surface area contributed by atoms with Crippen molar-refractivity contribution in [2.75, 3.05) is 4.31 Å². The van der Waals surface area contributed by atoms with Crippen molar-refractivity contribution < 1.29 is 13.2 Å². The number of anilines is 2. The third kappa shape index (κ3) is 2.88. The first-order valence-electron chi connectivity index (χ1n) is 5.75. The number of hydrogen-bond acceptors (Lipinski definition) is 5. The largest absolute Gasteiger partial charge is 0.292 e. The van der Waals surface area contributed by atoms with Crippen molar-refractivity contribution in [3.63, 3.8) is 0 Å². The standard InChI is InChI=1S/C13H13N2O3S2/c1-8-4-6-11(7-5-8)15(20(17)18)13-9(2)14-12(19-13)10(3)16/h4-7,20H,1H2,2-3H3. The zero-order valence-corrected chi connectivity index (χ0v) is 12.7. The van der Waals surface area contributed by atoms with Gasteiger partial charge in [0, 0.05) is 6.92 Å². The van der Waals surface area contributed by atoms with Crippen LogP contribution in [0.15, 0.2) is 24.3 Å². The number of rotatable bonds is 4. The van der Waals surface area contributed by atoms with Crippen molar-refractivity contribution in [3.05, 3.63) is 47.5 Å². The minimum absolute atomic E-state index is 0.182. The number of carbonyl (C=O) groups excluding carboxylic acids is 1. The molecule has 20 heavy (non-hydrogen) atoms. The van der Waals surface area contributed by atoms with Gasteiger partial charge in [-0.3, -0.25) is 4.79 Å². The Morgan fingerprint density at radius 2 is 1.90 bits per heavy atom. The molecule has 0 N–H and O–H groups in total. The van der Waals surface area contributed by atoms with E-state index in [0.29, 0.717) is 21.4 Å². The highest BCUT2D eigenvalue weighted by Gasteiger charge is 2.20. The van der Waals surface area contributed by atoms with Gasteiger partial charge in [0.25, 0.3) is 0 Å². The van der Waals surface area contributed by atoms with E-state index in [0.717, 1.165) is 21.2 Å². The van der Waals surface area contributed by atoms with Crippen LogP contribution in [0.4, 0.5) is 10.7 Å². The zero-order valence-electron chi connectivity index (χ0n) is 11.0. The van der Waals surface area contributed by atoms with Gasteiger partial charge in [-0.1, -0.05) is 23.5 Å². The van der Waals surface area contributed by atoms with Crippen LogP contribution in [0.3, 0.4) is 0 Å². The predicted molar refractivity (Wildman–Crippen MR) is 80.2 cm³/mol. The second-order valence-electron chi connectivity index (χ2n) is 4.18. The first kappa shape index (κ1) is 14.7. The first-order chi connectivity index (χ1) is 9.40. The average molecular weight is 309 g/mol. The average Bonchev–Trinajstić information content (AvgIpc) is 2.74. The molecule has 0 aliphatic heterocycles. The van der Waals surface area contributed by atoms with Gasteiger partial charge in [-0.25, -0.2) is 17.7 Å². The SMILES string of the molecule is [CH2]c1ccc(N(c2sc(C(C)=O)nc2C)[SH](=O)=O)cc1. The molecule has 5 nitrogen and oxygen atoms in total. The van der Waals surface area contributed by atoms with Crippen LogP contribution in [0.25, 0.3) is 0 Å². The van der Waals surface area contributed by atoms with Crippen LogP contribution in [-0.2, 0) is 10.9 Å². The van der Waals surface area contributed by atoms with Crippen molar-refractivity contribution in [3.8, 4) is 0 Å². The van der Waals surface area contributed by atoms with Crippen LogP contribution in [0.1, 0.15) is 28.0 Å². The molecular formula is C13H13N2O3S2. The molecule has 2 aromatic rings. The molecule has 2 rings (SSSR count). The summed E-state index contributed by atoms with van der Waals surface area (Å²) in [6.45, 7) is 6.84. The summed E-state index contributed by atoms with van der Waals surface area (Å²) in [6, 6.07) is 6.78. The molecule has 1 aromatic carbocycles. The second kappa shape index (κ2) is 5.72. The van der Waals surface area contributed by atoms with Crippen LogP contribution >= 0.6 is 11.3 Å². The molecule has 0 aliphatic rings. The van der Waals surface area contributed by atoms with E-state index >= 15 is 0 Å². The summed E-state index contributed by atoms with van der Waals surface area (Å²) in [4.78, 5) is 15.5. The molecule has 0 aliphatic carbocycles. The van der Waals surface area contributed by atoms with E-state index in [1.165, 1.54) is 6.92 Å². The minimum atomic E-state index is -2.88. The fraction of sp³-hybridized carbons (Fsp3) is 0.154. The Balaban J connectivity index is 2.54. The summed E-state index contributed by atoms with van der Waals surface area (Å²) in [6.07, 6.45) is 0. The van der Waals surface area contributed by atoms with Crippen molar-refractivity contribution in [1.29, 1.82) is 0 Å². The lowest BCUT2D eigenvalue weighted by Gasteiger charge is -2.16. The summed E-state index contributed by atoms with van der Waals surface area (Å²) in [5.74, 6) is -0.182. The van der Waals surface area contributed by atoms with Gasteiger partial charge < -0.3 is 0 Å². The Labute approximate surface area is 123 Å². The zero-order chi connectivity index (χ0) is 14.9. The highest BCUT2D eigenvalue weighted by atomic mass is 32.2. The fourth-order valence-electron chi connectivity index (χ4n) is 1.66. The molecule has 0 amide bonds. The maximum absolute atomic E-state index is 11.6. The molecule has 0 spiro atoms. The van der Waals surface area contributed by atoms with Crippen molar-refractivity contribution in [1.82, 2.24) is 4.98 Å². The molecule has 1 heterocycles. The van der Waals surface area contributed by atoms with Gasteiger partial charge in [0.05, 0.1) is 11.4 Å². The topological polar surface area (TPSA) is 67.3 Å². The molecule has 0 saturated heterocycles. The highest BCUT2D eigenvalue weighted by Crippen LogP contribution is 2.34. The van der Waals surface area contributed by atoms with E-state index in [1.807, 2.05) is 0 Å². The lowest BCUT2D eigenvalue weighted by atomic mass is 10.2. The lowest BCUT2D eigenvalue weighted by molar-refractivity contribution is 0.101. The number of aryl methyl sites for hydroxylation is 1. The van der Waals surface area contributed by atoms with Gasteiger partial charge in [0.1, 0.15) is 5.00 Å². The molecule has 1 radical (unpaired) electrons. The molecule has 105 valence electrons. The Kier molecular flexibility index (Phi) is 4.20. The first-order valence-corrected chi connectivity index (χ1v) is 7.69. The van der Waals surface area contributed by atoms with Gasteiger partial charge in [0.15, 0.2) is 10.8 Å². The maximum Gasteiger partial charge on any atom is 0.230 e. The number of hydrogen-bond donors (Lipinski definition) is 1. The van der Waals surface area contributed by atoms with Crippen LogP contribution in [-0.4, -0.2) is 19.2 Å². The van der Waals surface area contributed by atoms with Crippen LogP contribution < -0.4 is 4.31 Å². The van der Waals surface area contributed by atoms with Crippen LogP contribution in [0, 0.1) is 13.8 Å². The molecular weight excluding hydrogens is 296 g/mol. The van der Waals surface area contributed by atoms with Crippen molar-refractivity contribution in [2.45, 2.75) is 13.8 Å². The third-order valence-corrected chi connectivity index (χ3v) is 4.75. The smallest absolute Gasteiger partial charge is 0.230 e. The number of ketones is 1. The summed E-state index contributed by atoms with van der Waals surface area (Å²) in [7, 11) is -2.88. The second-order valence-corrected chi connectivity index (χ2v) is 6.04. The summed E-state index contributed by atoms with van der Waals surface area (Å²) < 4.78 is 24.3. The Bertz CT molecular complexity index is 710. The Hall–Kier alpha value is -1.73. The summed E-state index contributed by atoms with van der Waals surface area (Å²) >= 11 is 1.07. The number of thiazole rings is 1. The predicted octanol–water partition coefficient (Wildman–Crippen LogP) is 2.50. The molecule has 0 unspecified atom stereocenters. The quantitative estimate of drug-likeness (QED) is 0.696. The van der Waals surface area contributed by atoms with E-state index in [1.54, 1.807) is 31.2 Å². The molecule has 7 heteroatoms. The Morgan fingerprint density at radius 1 is 1.30 bits per heavy atom. The molecule has 0 fully saturated rings. The van der Waals surface area contributed by atoms with Gasteiger partial charge in [-0.05, 0) is 31.5 Å². The number of carbonyl (C=O) groups is 1. The van der Waals surface area contributed by atoms with Gasteiger partial charge in [-0.2, -0.15) is 0 Å². The molecule has 0 atom stereocenters. The fourth-order valence-corrected chi connectivity index (χ4v) is 3.49. The minimum Gasteiger partial charge on any atom is -0.292 e. The monoisotopic (exact) mass is 309 g/mol. The number of Topliss-reactive ketones (excluding diaryl/α,β-unsaturated/α-hetero) is 1. The molecule has 0 bridgehead atoms. The van der Waals surface area contributed by atoms with E-state index in [9.17, 15) is 13.2 Å². The van der Waals surface area contributed by atoms with E-state index in [-0.39, 0.29) is 5.78 Å². The highest BCUT2D eigenvalue weighted by molar-refractivity contribution is 7.74. The summed E-state index contributed by atoms with van der Waals surface area (Å²) in [5.41, 5.74) is 1.80. The molecule has 0 saturated carbocycles. The van der Waals surface area contributed by atoms with E-state index < -0.39 is 10.9 Å². The number of nitrogens with zero attached hydrogens (tertiary/aromatic N) is 2. The van der Waals surface area contributed by atoms with Gasteiger partial charge >= 0.3 is 0 Å². The number of thiol groups is 1. The number of benzene rings is 1.